The summed E-state index contributed by atoms with van der Waals surface area (Å²) in [6.07, 6.45) is 0.607. The fraction of sp³-hybridized carbons (Fsp3) is 0.143. The van der Waals surface area contributed by atoms with Crippen molar-refractivity contribution in [1.82, 2.24) is 0 Å². The van der Waals surface area contributed by atoms with E-state index in [1.807, 2.05) is 30.3 Å². The second-order valence-corrected chi connectivity index (χ2v) is 3.86. The normalized spacial score (nSPS) is 10.3. The van der Waals surface area contributed by atoms with E-state index in [-0.39, 0.29) is 18.0 Å². The Bertz CT molecular complexity index is 529. The highest BCUT2D eigenvalue weighted by molar-refractivity contribution is 5.53. The van der Waals surface area contributed by atoms with E-state index < -0.39 is 11.6 Å². The lowest BCUT2D eigenvalue weighted by molar-refractivity contribution is 0.301. The van der Waals surface area contributed by atoms with Crippen molar-refractivity contribution >= 4 is 5.69 Å². The van der Waals surface area contributed by atoms with Crippen molar-refractivity contribution in [3.05, 3.63) is 59.7 Å². The largest absolute Gasteiger partial charge is 0.488 e. The first-order valence-corrected chi connectivity index (χ1v) is 5.58. The molecule has 0 aliphatic rings. The predicted molar refractivity (Wildman–Crippen MR) is 66.4 cm³/mol. The van der Waals surface area contributed by atoms with E-state index in [2.05, 4.69) is 0 Å². The fourth-order valence-electron chi connectivity index (χ4n) is 1.61. The minimum Gasteiger partial charge on any atom is -0.488 e. The summed E-state index contributed by atoms with van der Waals surface area (Å²) in [6, 6.07) is 11.9. The zero-order valence-corrected chi connectivity index (χ0v) is 9.70. The van der Waals surface area contributed by atoms with Crippen LogP contribution in [0.25, 0.3) is 0 Å². The SMILES string of the molecule is Nc1ccc(F)c(F)c1OCCc1ccccc1. The van der Waals surface area contributed by atoms with Gasteiger partial charge in [0.15, 0.2) is 11.6 Å². The molecule has 2 nitrogen and oxygen atoms in total. The molecule has 0 bridgehead atoms. The molecule has 0 aromatic heterocycles. The molecule has 0 heterocycles. The number of anilines is 1. The Hall–Kier alpha value is -2.10. The van der Waals surface area contributed by atoms with Gasteiger partial charge in [0, 0.05) is 6.42 Å². The van der Waals surface area contributed by atoms with Gasteiger partial charge in [-0.25, -0.2) is 4.39 Å². The summed E-state index contributed by atoms with van der Waals surface area (Å²) in [7, 11) is 0. The van der Waals surface area contributed by atoms with Gasteiger partial charge in [0.1, 0.15) is 0 Å². The summed E-state index contributed by atoms with van der Waals surface area (Å²) in [5.74, 6) is -2.21. The molecule has 0 aliphatic carbocycles. The summed E-state index contributed by atoms with van der Waals surface area (Å²) in [5, 5.41) is 0. The molecule has 4 heteroatoms. The first kappa shape index (κ1) is 12.4. The van der Waals surface area contributed by atoms with E-state index in [4.69, 9.17) is 10.5 Å². The van der Waals surface area contributed by atoms with Crippen LogP contribution in [-0.4, -0.2) is 6.61 Å². The van der Waals surface area contributed by atoms with E-state index >= 15 is 0 Å². The molecule has 0 saturated carbocycles. The number of ether oxygens (including phenoxy) is 1. The molecule has 0 spiro atoms. The van der Waals surface area contributed by atoms with Gasteiger partial charge >= 0.3 is 0 Å². The van der Waals surface area contributed by atoms with Crippen LogP contribution in [0.5, 0.6) is 5.75 Å². The number of benzene rings is 2. The quantitative estimate of drug-likeness (QED) is 0.845. The monoisotopic (exact) mass is 249 g/mol. The van der Waals surface area contributed by atoms with Crippen molar-refractivity contribution in [2.45, 2.75) is 6.42 Å². The van der Waals surface area contributed by atoms with Crippen LogP contribution in [-0.2, 0) is 6.42 Å². The summed E-state index contributed by atoms with van der Waals surface area (Å²) in [4.78, 5) is 0. The molecule has 2 N–H and O–H groups in total. The third kappa shape index (κ3) is 2.77. The second-order valence-electron chi connectivity index (χ2n) is 3.86. The molecule has 94 valence electrons. The highest BCUT2D eigenvalue weighted by atomic mass is 19.2. The zero-order valence-electron chi connectivity index (χ0n) is 9.70. The van der Waals surface area contributed by atoms with Gasteiger partial charge in [0.2, 0.25) is 5.82 Å². The molecular weight excluding hydrogens is 236 g/mol. The van der Waals surface area contributed by atoms with Crippen molar-refractivity contribution in [2.24, 2.45) is 0 Å². The van der Waals surface area contributed by atoms with Crippen molar-refractivity contribution in [2.75, 3.05) is 12.3 Å². The molecule has 0 saturated heterocycles. The van der Waals surface area contributed by atoms with Crippen LogP contribution in [0.15, 0.2) is 42.5 Å². The molecule has 0 amide bonds. The van der Waals surface area contributed by atoms with E-state index in [0.29, 0.717) is 6.42 Å². The van der Waals surface area contributed by atoms with E-state index in [0.717, 1.165) is 11.6 Å². The van der Waals surface area contributed by atoms with Gasteiger partial charge in [-0.3, -0.25) is 0 Å². The Morgan fingerprint density at radius 1 is 1.00 bits per heavy atom. The molecule has 0 radical (unpaired) electrons. The topological polar surface area (TPSA) is 35.2 Å². The van der Waals surface area contributed by atoms with E-state index in [9.17, 15) is 8.78 Å². The van der Waals surface area contributed by atoms with Gasteiger partial charge < -0.3 is 10.5 Å². The average molecular weight is 249 g/mol. The maximum atomic E-state index is 13.4. The molecule has 0 fully saturated rings. The van der Waals surface area contributed by atoms with Crippen LogP contribution in [0.3, 0.4) is 0 Å². The lowest BCUT2D eigenvalue weighted by Gasteiger charge is -2.10. The summed E-state index contributed by atoms with van der Waals surface area (Å²) in [5.41, 5.74) is 6.70. The summed E-state index contributed by atoms with van der Waals surface area (Å²) >= 11 is 0. The maximum Gasteiger partial charge on any atom is 0.202 e. The van der Waals surface area contributed by atoms with E-state index in [1.54, 1.807) is 0 Å². The highest BCUT2D eigenvalue weighted by Crippen LogP contribution is 2.27. The van der Waals surface area contributed by atoms with Gasteiger partial charge in [-0.15, -0.1) is 0 Å². The maximum absolute atomic E-state index is 13.4. The van der Waals surface area contributed by atoms with Gasteiger partial charge in [-0.2, -0.15) is 4.39 Å². The minimum absolute atomic E-state index is 0.0990. The van der Waals surface area contributed by atoms with Crippen LogP contribution < -0.4 is 10.5 Å². The van der Waals surface area contributed by atoms with Gasteiger partial charge in [0.05, 0.1) is 12.3 Å². The van der Waals surface area contributed by atoms with Crippen molar-refractivity contribution in [3.63, 3.8) is 0 Å². The Labute approximate surface area is 104 Å². The first-order valence-electron chi connectivity index (χ1n) is 5.58. The number of hydrogen-bond acceptors (Lipinski definition) is 2. The van der Waals surface area contributed by atoms with Gasteiger partial charge in [-0.05, 0) is 17.7 Å². The fourth-order valence-corrected chi connectivity index (χ4v) is 1.61. The van der Waals surface area contributed by atoms with Crippen LogP contribution in [0, 0.1) is 11.6 Å². The Morgan fingerprint density at radius 3 is 2.44 bits per heavy atom. The summed E-state index contributed by atoms with van der Waals surface area (Å²) in [6.45, 7) is 0.245. The number of hydrogen-bond donors (Lipinski definition) is 1. The molecule has 2 aromatic rings. The molecule has 18 heavy (non-hydrogen) atoms. The molecule has 2 rings (SSSR count). The second kappa shape index (κ2) is 5.49. The minimum atomic E-state index is -1.04. The van der Waals surface area contributed by atoms with Gasteiger partial charge in [-0.1, -0.05) is 30.3 Å². The summed E-state index contributed by atoms with van der Waals surface area (Å²) < 4.78 is 31.6. The molecule has 0 aliphatic heterocycles. The highest BCUT2D eigenvalue weighted by Gasteiger charge is 2.12. The van der Waals surface area contributed by atoms with Crippen molar-refractivity contribution < 1.29 is 13.5 Å². The Morgan fingerprint density at radius 2 is 1.72 bits per heavy atom. The zero-order chi connectivity index (χ0) is 13.0. The molecular formula is C14H13F2NO. The smallest absolute Gasteiger partial charge is 0.202 e. The van der Waals surface area contributed by atoms with Crippen LogP contribution in [0.1, 0.15) is 5.56 Å². The molecule has 0 atom stereocenters. The van der Waals surface area contributed by atoms with Crippen LogP contribution in [0.2, 0.25) is 0 Å². The first-order chi connectivity index (χ1) is 8.68. The third-order valence-corrected chi connectivity index (χ3v) is 2.56. The third-order valence-electron chi connectivity index (χ3n) is 2.56. The number of rotatable bonds is 4. The number of nitrogens with two attached hydrogens (primary N) is 1. The Balaban J connectivity index is 2.01. The lowest BCUT2D eigenvalue weighted by atomic mass is 10.2. The standard InChI is InChI=1S/C14H13F2NO/c15-11-6-7-12(17)14(13(11)16)18-9-8-10-4-2-1-3-5-10/h1-7H,8-9,17H2. The van der Waals surface area contributed by atoms with Crippen molar-refractivity contribution in [3.8, 4) is 5.75 Å². The van der Waals surface area contributed by atoms with Crippen LogP contribution >= 0.6 is 0 Å². The number of nitrogen functional groups attached to an aromatic ring is 1. The van der Waals surface area contributed by atoms with Gasteiger partial charge in [0.25, 0.3) is 0 Å². The molecule has 2 aromatic carbocycles. The average Bonchev–Trinajstić information content (AvgIpc) is 2.39. The Kier molecular flexibility index (Phi) is 3.77. The van der Waals surface area contributed by atoms with Crippen LogP contribution in [0.4, 0.5) is 14.5 Å². The van der Waals surface area contributed by atoms with Crippen molar-refractivity contribution in [1.29, 1.82) is 0 Å². The van der Waals surface area contributed by atoms with E-state index in [1.165, 1.54) is 6.07 Å². The molecule has 0 unspecified atom stereocenters. The predicted octanol–water partition coefficient (Wildman–Crippen LogP) is 3.17. The lowest BCUT2D eigenvalue weighted by Crippen LogP contribution is -2.06. The number of halogens is 2.